The van der Waals surface area contributed by atoms with Crippen molar-refractivity contribution in [3.63, 3.8) is 0 Å². The van der Waals surface area contributed by atoms with Crippen molar-refractivity contribution >= 4 is 0 Å². The van der Waals surface area contributed by atoms with Crippen molar-refractivity contribution in [2.75, 3.05) is 7.05 Å². The highest BCUT2D eigenvalue weighted by Gasteiger charge is 2.50. The number of aliphatic hydroxyl groups is 1. The van der Waals surface area contributed by atoms with Gasteiger partial charge < -0.3 is 22.0 Å². The Balaban J connectivity index is 0.00000120. The molecule has 0 aliphatic carbocycles. The lowest BCUT2D eigenvalue weighted by atomic mass is 9.96. The van der Waals surface area contributed by atoms with E-state index in [0.29, 0.717) is 12.1 Å². The summed E-state index contributed by atoms with van der Waals surface area (Å²) >= 11 is 0. The first-order valence-electron chi connectivity index (χ1n) is 6.75. The normalized spacial score (nSPS) is 38.2. The minimum Gasteiger partial charge on any atom is -1.00 e. The van der Waals surface area contributed by atoms with Crippen LogP contribution in [0.3, 0.4) is 0 Å². The molecule has 3 rings (SSSR count). The summed E-state index contributed by atoms with van der Waals surface area (Å²) < 4.78 is 1.15. The van der Waals surface area contributed by atoms with Gasteiger partial charge in [0.05, 0.1) is 25.2 Å². The van der Waals surface area contributed by atoms with Crippen molar-refractivity contribution in [1.82, 2.24) is 0 Å². The van der Waals surface area contributed by atoms with Crippen molar-refractivity contribution in [1.29, 1.82) is 0 Å². The summed E-state index contributed by atoms with van der Waals surface area (Å²) in [7, 11) is 2.39. The molecule has 2 aliphatic heterocycles. The van der Waals surface area contributed by atoms with Gasteiger partial charge in [0.1, 0.15) is 6.54 Å². The van der Waals surface area contributed by atoms with Crippen LogP contribution < -0.4 is 12.4 Å². The molecule has 2 saturated heterocycles. The number of rotatable bonds is 2. The number of benzene rings is 1. The van der Waals surface area contributed by atoms with Crippen molar-refractivity contribution in [3.05, 3.63) is 35.9 Å². The van der Waals surface area contributed by atoms with Gasteiger partial charge in [-0.1, -0.05) is 30.3 Å². The zero-order valence-electron chi connectivity index (χ0n) is 10.9. The molecule has 1 aromatic rings. The van der Waals surface area contributed by atoms with Gasteiger partial charge in [-0.2, -0.15) is 0 Å². The first kappa shape index (κ1) is 13.9. The van der Waals surface area contributed by atoms with E-state index in [1.165, 1.54) is 18.4 Å². The first-order valence-corrected chi connectivity index (χ1v) is 6.75. The quantitative estimate of drug-likeness (QED) is 0.705. The van der Waals surface area contributed by atoms with E-state index in [9.17, 15) is 5.11 Å². The summed E-state index contributed by atoms with van der Waals surface area (Å²) in [6, 6.07) is 12.1. The topological polar surface area (TPSA) is 20.2 Å². The molecule has 2 aliphatic rings. The predicted octanol–water partition coefficient (Wildman–Crippen LogP) is -0.677. The molecule has 2 heterocycles. The molecule has 0 saturated carbocycles. The Morgan fingerprint density at radius 3 is 2.22 bits per heavy atom. The van der Waals surface area contributed by atoms with Crippen molar-refractivity contribution in [3.8, 4) is 0 Å². The summed E-state index contributed by atoms with van der Waals surface area (Å²) in [4.78, 5) is 0. The van der Waals surface area contributed by atoms with Crippen LogP contribution in [-0.2, 0) is 6.54 Å². The van der Waals surface area contributed by atoms with Crippen LogP contribution in [-0.4, -0.2) is 34.8 Å². The van der Waals surface area contributed by atoms with Gasteiger partial charge in [-0.3, -0.25) is 0 Å². The van der Waals surface area contributed by atoms with Gasteiger partial charge in [-0.05, 0) is 0 Å². The number of nitrogens with zero attached hydrogens (tertiary/aromatic N) is 1. The van der Waals surface area contributed by atoms with E-state index in [1.54, 1.807) is 0 Å². The van der Waals surface area contributed by atoms with Gasteiger partial charge in [0.15, 0.2) is 0 Å². The Morgan fingerprint density at radius 2 is 1.67 bits per heavy atom. The van der Waals surface area contributed by atoms with Crippen LogP contribution in [0.4, 0.5) is 0 Å². The first-order chi connectivity index (χ1) is 8.18. The Morgan fingerprint density at radius 1 is 1.11 bits per heavy atom. The van der Waals surface area contributed by atoms with Gasteiger partial charge in [-0.15, -0.1) is 0 Å². The summed E-state index contributed by atoms with van der Waals surface area (Å²) in [5.41, 5.74) is 1.43. The molecule has 18 heavy (non-hydrogen) atoms. The monoisotopic (exact) mass is 267 g/mol. The largest absolute Gasteiger partial charge is 1.00 e. The molecular formula is C15H22ClNO. The second-order valence-corrected chi connectivity index (χ2v) is 6.00. The second-order valence-electron chi connectivity index (χ2n) is 6.00. The molecule has 100 valence electrons. The molecule has 0 aromatic heterocycles. The zero-order valence-corrected chi connectivity index (χ0v) is 11.7. The maximum absolute atomic E-state index is 9.88. The van der Waals surface area contributed by atoms with E-state index in [2.05, 4.69) is 37.4 Å². The van der Waals surface area contributed by atoms with Gasteiger partial charge in [-0.25, -0.2) is 0 Å². The minimum absolute atomic E-state index is 0. The fraction of sp³-hybridized carbons (Fsp3) is 0.600. The van der Waals surface area contributed by atoms with E-state index in [4.69, 9.17) is 0 Å². The lowest BCUT2D eigenvalue weighted by Gasteiger charge is -2.46. The maximum atomic E-state index is 9.88. The van der Waals surface area contributed by atoms with E-state index in [0.717, 1.165) is 23.9 Å². The zero-order chi connectivity index (χ0) is 11.9. The average Bonchev–Trinajstić information content (AvgIpc) is 2.52. The predicted molar refractivity (Wildman–Crippen MR) is 68.4 cm³/mol. The molecular weight excluding hydrogens is 246 g/mol. The van der Waals surface area contributed by atoms with Crippen LogP contribution in [0.25, 0.3) is 0 Å². The van der Waals surface area contributed by atoms with E-state index < -0.39 is 0 Å². The smallest absolute Gasteiger partial charge is 0.105 e. The Bertz CT molecular complexity index is 381. The fourth-order valence-electron chi connectivity index (χ4n) is 3.95. The molecule has 3 heteroatoms. The lowest BCUT2D eigenvalue weighted by Crippen LogP contribution is -3.00. The summed E-state index contributed by atoms with van der Waals surface area (Å²) in [5.74, 6) is 0. The highest BCUT2D eigenvalue weighted by molar-refractivity contribution is 5.13. The number of piperidine rings is 1. The Labute approximate surface area is 116 Å². The minimum atomic E-state index is -0.0468. The number of hydrogen-bond acceptors (Lipinski definition) is 1. The Kier molecular flexibility index (Phi) is 4.00. The van der Waals surface area contributed by atoms with Gasteiger partial charge in [0.2, 0.25) is 0 Å². The molecule has 2 unspecified atom stereocenters. The van der Waals surface area contributed by atoms with Crippen molar-refractivity contribution < 1.29 is 22.0 Å². The van der Waals surface area contributed by atoms with Crippen molar-refractivity contribution in [2.45, 2.75) is 50.4 Å². The SMILES string of the molecule is C[N+]1(Cc2ccccc2)C2CCC1CC(O)C2.[Cl-]. The lowest BCUT2D eigenvalue weighted by molar-refractivity contribution is -0.961. The highest BCUT2D eigenvalue weighted by atomic mass is 35.5. The number of hydrogen-bond donors (Lipinski definition) is 1. The average molecular weight is 268 g/mol. The molecule has 0 spiro atoms. The van der Waals surface area contributed by atoms with Gasteiger partial charge in [0.25, 0.3) is 0 Å². The summed E-state index contributed by atoms with van der Waals surface area (Å²) in [6.45, 7) is 1.13. The number of fused-ring (bicyclic) bond motifs is 2. The number of aliphatic hydroxyl groups excluding tert-OH is 1. The van der Waals surface area contributed by atoms with Crippen LogP contribution in [0.1, 0.15) is 31.2 Å². The third-order valence-electron chi connectivity index (χ3n) is 4.96. The third-order valence-corrected chi connectivity index (χ3v) is 4.96. The Hall–Kier alpha value is -0.570. The third kappa shape index (κ3) is 2.29. The molecule has 2 atom stereocenters. The van der Waals surface area contributed by atoms with Crippen LogP contribution in [0.2, 0.25) is 0 Å². The highest BCUT2D eigenvalue weighted by Crippen LogP contribution is 2.42. The number of quaternary nitrogens is 1. The standard InChI is InChI=1S/C15H22NO.ClH/c1-16(11-12-5-3-2-4-6-12)13-7-8-14(16)10-15(17)9-13;/h2-6,13-15,17H,7-11H2,1H3;1H/q+1;/p-1. The van der Waals surface area contributed by atoms with E-state index >= 15 is 0 Å². The van der Waals surface area contributed by atoms with Gasteiger partial charge in [0, 0.05) is 31.2 Å². The number of halogens is 1. The molecule has 2 fully saturated rings. The van der Waals surface area contributed by atoms with E-state index in [-0.39, 0.29) is 18.5 Å². The van der Waals surface area contributed by atoms with Crippen LogP contribution in [0.15, 0.2) is 30.3 Å². The maximum Gasteiger partial charge on any atom is 0.105 e. The van der Waals surface area contributed by atoms with Crippen molar-refractivity contribution in [2.24, 2.45) is 0 Å². The van der Waals surface area contributed by atoms with Crippen LogP contribution >= 0.6 is 0 Å². The molecule has 1 aromatic carbocycles. The molecule has 1 N–H and O–H groups in total. The van der Waals surface area contributed by atoms with Crippen LogP contribution in [0.5, 0.6) is 0 Å². The second kappa shape index (κ2) is 5.20. The summed E-state index contributed by atoms with van der Waals surface area (Å²) in [6.07, 6.45) is 4.55. The molecule has 2 nitrogen and oxygen atoms in total. The summed E-state index contributed by atoms with van der Waals surface area (Å²) in [5, 5.41) is 9.88. The van der Waals surface area contributed by atoms with Crippen LogP contribution in [0, 0.1) is 0 Å². The van der Waals surface area contributed by atoms with E-state index in [1.807, 2.05) is 0 Å². The molecule has 0 radical (unpaired) electrons. The van der Waals surface area contributed by atoms with Gasteiger partial charge >= 0.3 is 0 Å². The molecule has 0 amide bonds. The molecule has 2 bridgehead atoms. The fourth-order valence-corrected chi connectivity index (χ4v) is 3.95.